The Kier molecular flexibility index (Phi) is 3.69. The van der Waals surface area contributed by atoms with E-state index in [0.29, 0.717) is 10.9 Å². The van der Waals surface area contributed by atoms with Crippen LogP contribution in [-0.4, -0.2) is 12.5 Å². The summed E-state index contributed by atoms with van der Waals surface area (Å²) in [4.78, 5) is 11.8. The molecule has 1 unspecified atom stereocenters. The van der Waals surface area contributed by atoms with Crippen molar-refractivity contribution in [3.63, 3.8) is 0 Å². The fraction of sp³-hybridized carbons (Fsp3) is 0.462. The van der Waals surface area contributed by atoms with Crippen molar-refractivity contribution < 1.29 is 4.79 Å². The normalized spacial score (nSPS) is 18.4. The van der Waals surface area contributed by atoms with Crippen molar-refractivity contribution >= 4 is 23.2 Å². The second kappa shape index (κ2) is 5.07. The molecule has 0 saturated carbocycles. The van der Waals surface area contributed by atoms with Crippen molar-refractivity contribution in [3.8, 4) is 0 Å². The maximum Gasteiger partial charge on any atom is 0.246 e. The number of rotatable bonds is 4. The van der Waals surface area contributed by atoms with Crippen molar-refractivity contribution in [2.24, 2.45) is 5.92 Å². The number of carbonyl (C=O) groups excluding carboxylic acids is 1. The third-order valence-electron chi connectivity index (χ3n) is 2.91. The van der Waals surface area contributed by atoms with Crippen LogP contribution in [0.1, 0.15) is 31.9 Å². The van der Waals surface area contributed by atoms with Crippen LogP contribution in [0.25, 0.3) is 0 Å². The Morgan fingerprint density at radius 2 is 2.24 bits per heavy atom. The Labute approximate surface area is 107 Å². The Hall–Kier alpha value is -1.06. The average Bonchev–Trinajstić information content (AvgIpc) is 2.55. The van der Waals surface area contributed by atoms with Crippen LogP contribution in [0.4, 0.5) is 5.69 Å². The molecule has 1 atom stereocenters. The molecule has 1 aromatic rings. The summed E-state index contributed by atoms with van der Waals surface area (Å²) in [5, 5.41) is 6.79. The molecule has 1 heterocycles. The molecule has 17 heavy (non-hydrogen) atoms. The first-order chi connectivity index (χ1) is 8.08. The number of anilines is 1. The van der Waals surface area contributed by atoms with Crippen LogP contribution in [-0.2, 0) is 4.79 Å². The number of nitrogens with one attached hydrogen (secondary N) is 2. The van der Waals surface area contributed by atoms with Crippen molar-refractivity contribution in [3.05, 3.63) is 28.8 Å². The van der Waals surface area contributed by atoms with Crippen LogP contribution in [0.5, 0.6) is 0 Å². The van der Waals surface area contributed by atoms with Crippen LogP contribution >= 0.6 is 11.6 Å². The minimum absolute atomic E-state index is 0.00558. The van der Waals surface area contributed by atoms with Crippen LogP contribution in [0, 0.1) is 5.92 Å². The minimum atomic E-state index is -0.262. The van der Waals surface area contributed by atoms with Gasteiger partial charge in [0.05, 0.1) is 0 Å². The van der Waals surface area contributed by atoms with E-state index in [1.54, 1.807) is 6.07 Å². The zero-order valence-electron chi connectivity index (χ0n) is 10.1. The van der Waals surface area contributed by atoms with Crippen LogP contribution in [0.15, 0.2) is 18.2 Å². The monoisotopic (exact) mass is 252 g/mol. The lowest BCUT2D eigenvalue weighted by Gasteiger charge is -2.12. The molecule has 2 rings (SSSR count). The topological polar surface area (TPSA) is 41.1 Å². The molecule has 1 amide bonds. The highest BCUT2D eigenvalue weighted by Crippen LogP contribution is 2.32. The van der Waals surface area contributed by atoms with Crippen molar-refractivity contribution in [2.45, 2.75) is 26.3 Å². The molecule has 92 valence electrons. The molecule has 4 heteroatoms. The SMILES string of the molecule is CC(C)CCNC1C(=O)Nc2ccc(Cl)cc21. The van der Waals surface area contributed by atoms with E-state index >= 15 is 0 Å². The van der Waals surface area contributed by atoms with Gasteiger partial charge in [-0.05, 0) is 37.1 Å². The smallest absolute Gasteiger partial charge is 0.246 e. The lowest BCUT2D eigenvalue weighted by atomic mass is 10.1. The first-order valence-corrected chi connectivity index (χ1v) is 6.29. The molecule has 0 fully saturated rings. The minimum Gasteiger partial charge on any atom is -0.324 e. The average molecular weight is 253 g/mol. The van der Waals surface area contributed by atoms with E-state index in [0.717, 1.165) is 24.2 Å². The van der Waals surface area contributed by atoms with E-state index in [1.165, 1.54) is 0 Å². The first-order valence-electron chi connectivity index (χ1n) is 5.91. The first kappa shape index (κ1) is 12.4. The Balaban J connectivity index is 2.08. The molecule has 0 radical (unpaired) electrons. The molecule has 2 N–H and O–H groups in total. The largest absolute Gasteiger partial charge is 0.324 e. The highest BCUT2D eigenvalue weighted by atomic mass is 35.5. The van der Waals surface area contributed by atoms with Crippen molar-refractivity contribution in [2.75, 3.05) is 11.9 Å². The van der Waals surface area contributed by atoms with Gasteiger partial charge in [-0.15, -0.1) is 0 Å². The number of halogens is 1. The fourth-order valence-electron chi connectivity index (χ4n) is 1.95. The summed E-state index contributed by atoms with van der Waals surface area (Å²) in [7, 11) is 0. The molecule has 1 aromatic carbocycles. The molecule has 0 saturated heterocycles. The quantitative estimate of drug-likeness (QED) is 0.865. The third-order valence-corrected chi connectivity index (χ3v) is 3.15. The van der Waals surface area contributed by atoms with Gasteiger partial charge in [0.2, 0.25) is 5.91 Å². The van der Waals surface area contributed by atoms with E-state index in [2.05, 4.69) is 24.5 Å². The summed E-state index contributed by atoms with van der Waals surface area (Å²) in [6.45, 7) is 5.17. The zero-order valence-corrected chi connectivity index (χ0v) is 10.8. The molecule has 3 nitrogen and oxygen atoms in total. The predicted molar refractivity (Wildman–Crippen MR) is 70.3 cm³/mol. The van der Waals surface area contributed by atoms with Gasteiger partial charge in [0.1, 0.15) is 6.04 Å². The van der Waals surface area contributed by atoms with Gasteiger partial charge in [-0.25, -0.2) is 0 Å². The summed E-state index contributed by atoms with van der Waals surface area (Å²) in [5.74, 6) is 0.636. The molecule has 0 aliphatic carbocycles. The van der Waals surface area contributed by atoms with Crippen molar-refractivity contribution in [1.29, 1.82) is 0 Å². The van der Waals surface area contributed by atoms with Gasteiger partial charge in [0, 0.05) is 16.3 Å². The summed E-state index contributed by atoms with van der Waals surface area (Å²) in [6, 6.07) is 5.22. The van der Waals surface area contributed by atoms with E-state index in [-0.39, 0.29) is 11.9 Å². The highest BCUT2D eigenvalue weighted by Gasteiger charge is 2.29. The fourth-order valence-corrected chi connectivity index (χ4v) is 2.13. The molecular weight excluding hydrogens is 236 g/mol. The lowest BCUT2D eigenvalue weighted by molar-refractivity contribution is -0.117. The third kappa shape index (κ3) is 2.79. The number of carbonyl (C=O) groups is 1. The molecule has 0 spiro atoms. The van der Waals surface area contributed by atoms with Gasteiger partial charge in [-0.1, -0.05) is 25.4 Å². The second-order valence-electron chi connectivity index (χ2n) is 4.79. The molecule has 1 aliphatic heterocycles. The maximum atomic E-state index is 11.8. The second-order valence-corrected chi connectivity index (χ2v) is 5.23. The van der Waals surface area contributed by atoms with Gasteiger partial charge < -0.3 is 10.6 Å². The number of amides is 1. The number of fused-ring (bicyclic) bond motifs is 1. The zero-order chi connectivity index (χ0) is 12.4. The maximum absolute atomic E-state index is 11.8. The summed E-state index contributed by atoms with van der Waals surface area (Å²) in [5.41, 5.74) is 1.81. The van der Waals surface area contributed by atoms with Gasteiger partial charge in [0.15, 0.2) is 0 Å². The van der Waals surface area contributed by atoms with Crippen LogP contribution in [0.2, 0.25) is 5.02 Å². The summed E-state index contributed by atoms with van der Waals surface area (Å²) >= 11 is 5.95. The van der Waals surface area contributed by atoms with E-state index in [9.17, 15) is 4.79 Å². The molecule has 1 aliphatic rings. The van der Waals surface area contributed by atoms with Crippen LogP contribution < -0.4 is 10.6 Å². The number of hydrogen-bond acceptors (Lipinski definition) is 2. The van der Waals surface area contributed by atoms with Crippen LogP contribution in [0.3, 0.4) is 0 Å². The van der Waals surface area contributed by atoms with Gasteiger partial charge in [-0.3, -0.25) is 4.79 Å². The number of benzene rings is 1. The Morgan fingerprint density at radius 3 is 2.94 bits per heavy atom. The highest BCUT2D eigenvalue weighted by molar-refractivity contribution is 6.31. The van der Waals surface area contributed by atoms with Gasteiger partial charge >= 0.3 is 0 Å². The van der Waals surface area contributed by atoms with Gasteiger partial charge in [0.25, 0.3) is 0 Å². The van der Waals surface area contributed by atoms with Crippen molar-refractivity contribution in [1.82, 2.24) is 5.32 Å². The summed E-state index contributed by atoms with van der Waals surface area (Å²) < 4.78 is 0. The molecule has 0 aromatic heterocycles. The predicted octanol–water partition coefficient (Wildman–Crippen LogP) is 2.97. The molecular formula is C13H17ClN2O. The van der Waals surface area contributed by atoms with E-state index in [4.69, 9.17) is 11.6 Å². The Bertz CT molecular complexity index is 431. The summed E-state index contributed by atoms with van der Waals surface area (Å²) in [6.07, 6.45) is 1.06. The standard InChI is InChI=1S/C13H17ClN2O/c1-8(2)5-6-15-12-10-7-9(14)3-4-11(10)16-13(12)17/h3-4,7-8,12,15H,5-6H2,1-2H3,(H,16,17). The Morgan fingerprint density at radius 1 is 1.47 bits per heavy atom. The number of hydrogen-bond donors (Lipinski definition) is 2. The van der Waals surface area contributed by atoms with E-state index < -0.39 is 0 Å². The molecule has 0 bridgehead atoms. The lowest BCUT2D eigenvalue weighted by Crippen LogP contribution is -2.28. The van der Waals surface area contributed by atoms with E-state index in [1.807, 2.05) is 12.1 Å². The van der Waals surface area contributed by atoms with Gasteiger partial charge in [-0.2, -0.15) is 0 Å².